The molecule has 0 aliphatic heterocycles. The van der Waals surface area contributed by atoms with Gasteiger partial charge < -0.3 is 0 Å². The second-order valence-electron chi connectivity index (χ2n) is 1.76. The number of rotatable bonds is 2. The van der Waals surface area contributed by atoms with Crippen LogP contribution < -0.4 is 0 Å². The second-order valence-corrected chi connectivity index (χ2v) is 7.72. The summed E-state index contributed by atoms with van der Waals surface area (Å²) in [5.74, 6) is -1.74. The van der Waals surface area contributed by atoms with E-state index < -0.39 is 5.85 Å². The van der Waals surface area contributed by atoms with Gasteiger partial charge in [-0.2, -0.15) is 0 Å². The van der Waals surface area contributed by atoms with E-state index in [9.17, 15) is 4.57 Å². The van der Waals surface area contributed by atoms with Crippen LogP contribution in [0.15, 0.2) is 21.5 Å². The highest BCUT2D eigenvalue weighted by Crippen LogP contribution is 2.59. The van der Waals surface area contributed by atoms with Crippen molar-refractivity contribution in [3.8, 4) is 0 Å². The monoisotopic (exact) mass is 310 g/mol. The number of halogens is 3. The minimum atomic E-state index is -3.06. The van der Waals surface area contributed by atoms with Crippen molar-refractivity contribution in [1.82, 2.24) is 0 Å². The average Bonchev–Trinajstić information content (AvgIpc) is 1.60. The molecule has 0 saturated carbocycles. The minimum absolute atomic E-state index is 0.742. The Morgan fingerprint density at radius 3 is 2.20 bits per heavy atom. The first-order chi connectivity index (χ1) is 4.33. The van der Waals surface area contributed by atoms with Gasteiger partial charge in [0.25, 0.3) is 5.85 Å². The van der Waals surface area contributed by atoms with Crippen molar-refractivity contribution in [2.45, 2.75) is 6.92 Å². The van der Waals surface area contributed by atoms with Crippen molar-refractivity contribution in [2.24, 2.45) is 0 Å². The van der Waals surface area contributed by atoms with E-state index in [2.05, 4.69) is 6.58 Å². The smallest absolute Gasteiger partial charge is 0.276 e. The highest BCUT2D eigenvalue weighted by Gasteiger charge is 2.09. The fraction of sp³-hybridized carbons (Fsp3) is 0.200. The summed E-state index contributed by atoms with van der Waals surface area (Å²) in [5.41, 5.74) is 0.808. The van der Waals surface area contributed by atoms with Gasteiger partial charge in [0.05, 0.1) is 0 Å². The normalized spacial score (nSPS) is 13.4. The summed E-state index contributed by atoms with van der Waals surface area (Å²) in [7, 11) is 0. The van der Waals surface area contributed by atoms with Crippen LogP contribution in [0.25, 0.3) is 0 Å². The van der Waals surface area contributed by atoms with E-state index in [0.29, 0.717) is 0 Å². The van der Waals surface area contributed by atoms with E-state index >= 15 is 0 Å². The van der Waals surface area contributed by atoms with Gasteiger partial charge in [-0.25, -0.2) is 0 Å². The summed E-state index contributed by atoms with van der Waals surface area (Å²) in [4.78, 5) is 0. The van der Waals surface area contributed by atoms with Crippen molar-refractivity contribution in [2.75, 3.05) is 0 Å². The lowest BCUT2D eigenvalue weighted by Gasteiger charge is -1.96. The Hall–Kier alpha value is 1.02. The molecule has 0 atom stereocenters. The van der Waals surface area contributed by atoms with E-state index in [1.165, 1.54) is 5.82 Å². The molecular formula is C5H6Cl2IOP. The molecule has 0 N–H and O–H groups in total. The quantitative estimate of drug-likeness (QED) is 0.417. The standard InChI is InChI=1S/C5H6Cl2IOP/c1-4(2)5(8)3-10(6,7)9/h3H,1H2,2H3/b5-3-. The Morgan fingerprint density at radius 1 is 1.70 bits per heavy atom. The Morgan fingerprint density at radius 2 is 2.10 bits per heavy atom. The fourth-order valence-electron chi connectivity index (χ4n) is 0.242. The largest absolute Gasteiger partial charge is 0.285 e. The first-order valence-electron chi connectivity index (χ1n) is 2.36. The zero-order valence-corrected chi connectivity index (χ0v) is 9.84. The first kappa shape index (κ1) is 11.0. The molecule has 0 heterocycles. The summed E-state index contributed by atoms with van der Waals surface area (Å²) < 4.78 is 11.5. The lowest BCUT2D eigenvalue weighted by Crippen LogP contribution is -1.68. The van der Waals surface area contributed by atoms with Crippen LogP contribution in [0.1, 0.15) is 6.92 Å². The van der Waals surface area contributed by atoms with Gasteiger partial charge in [-0.05, 0) is 57.6 Å². The zero-order chi connectivity index (χ0) is 8.36. The van der Waals surface area contributed by atoms with Crippen LogP contribution in [0.5, 0.6) is 0 Å². The molecule has 0 bridgehead atoms. The molecule has 0 aromatic carbocycles. The minimum Gasteiger partial charge on any atom is -0.285 e. The molecule has 0 amide bonds. The molecule has 0 aliphatic carbocycles. The maximum atomic E-state index is 10.7. The molecule has 0 spiro atoms. The molecule has 0 aromatic rings. The van der Waals surface area contributed by atoms with Gasteiger partial charge in [-0.3, -0.25) is 4.57 Å². The molecule has 0 rings (SSSR count). The Kier molecular flexibility index (Phi) is 4.57. The number of allylic oxidation sites excluding steroid dienone is 2. The summed E-state index contributed by atoms with van der Waals surface area (Å²) >= 11 is 12.5. The van der Waals surface area contributed by atoms with Crippen LogP contribution in [0.3, 0.4) is 0 Å². The SMILES string of the molecule is C=C(C)/C(I)=C/P(=O)(Cl)Cl. The molecule has 1 nitrogen and oxygen atoms in total. The van der Waals surface area contributed by atoms with Crippen LogP contribution in [0.4, 0.5) is 0 Å². The molecule has 0 unspecified atom stereocenters. The summed E-state index contributed by atoms with van der Waals surface area (Å²) in [6.45, 7) is 5.42. The molecule has 0 aliphatic rings. The van der Waals surface area contributed by atoms with Gasteiger partial charge in [0, 0.05) is 9.40 Å². The van der Waals surface area contributed by atoms with Crippen LogP contribution in [-0.2, 0) is 4.57 Å². The lowest BCUT2D eigenvalue weighted by molar-refractivity contribution is 0.597. The van der Waals surface area contributed by atoms with Crippen molar-refractivity contribution in [3.05, 3.63) is 21.5 Å². The maximum absolute atomic E-state index is 10.7. The Balaban J connectivity index is 4.48. The molecule has 58 valence electrons. The van der Waals surface area contributed by atoms with Gasteiger partial charge in [0.15, 0.2) is 0 Å². The second kappa shape index (κ2) is 4.15. The molecule has 0 aromatic heterocycles. The third-order valence-corrected chi connectivity index (χ3v) is 3.54. The van der Waals surface area contributed by atoms with Crippen LogP contribution in [0.2, 0.25) is 0 Å². The first-order valence-corrected chi connectivity index (χ1v) is 7.02. The van der Waals surface area contributed by atoms with Crippen LogP contribution >= 0.6 is 50.9 Å². The molecule has 0 saturated heterocycles. The van der Waals surface area contributed by atoms with Gasteiger partial charge in [-0.15, -0.1) is 0 Å². The number of hydrogen-bond acceptors (Lipinski definition) is 1. The summed E-state index contributed by atoms with van der Waals surface area (Å²) in [5, 5.41) is 0. The number of hydrogen-bond donors (Lipinski definition) is 0. The van der Waals surface area contributed by atoms with Crippen molar-refractivity contribution in [3.63, 3.8) is 0 Å². The topological polar surface area (TPSA) is 17.1 Å². The van der Waals surface area contributed by atoms with Gasteiger partial charge in [-0.1, -0.05) is 6.58 Å². The van der Waals surface area contributed by atoms with Gasteiger partial charge in [0.1, 0.15) is 0 Å². The summed E-state index contributed by atoms with van der Waals surface area (Å²) in [6, 6.07) is 0. The van der Waals surface area contributed by atoms with Crippen LogP contribution in [0, 0.1) is 0 Å². The fourth-order valence-corrected chi connectivity index (χ4v) is 3.48. The van der Waals surface area contributed by atoms with E-state index in [1.807, 2.05) is 22.6 Å². The Bertz CT molecular complexity index is 218. The lowest BCUT2D eigenvalue weighted by atomic mass is 10.4. The van der Waals surface area contributed by atoms with E-state index in [0.717, 1.165) is 9.15 Å². The third-order valence-electron chi connectivity index (χ3n) is 0.671. The molecule has 10 heavy (non-hydrogen) atoms. The van der Waals surface area contributed by atoms with E-state index in [1.54, 1.807) is 6.92 Å². The summed E-state index contributed by atoms with van der Waals surface area (Å²) in [6.07, 6.45) is 0. The Labute approximate surface area is 83.6 Å². The van der Waals surface area contributed by atoms with Gasteiger partial charge >= 0.3 is 0 Å². The highest BCUT2D eigenvalue weighted by atomic mass is 127. The predicted octanol–water partition coefficient (Wildman–Crippen LogP) is 4.51. The van der Waals surface area contributed by atoms with E-state index in [4.69, 9.17) is 22.5 Å². The maximum Gasteiger partial charge on any atom is 0.276 e. The van der Waals surface area contributed by atoms with Crippen molar-refractivity contribution >= 4 is 50.9 Å². The molecular weight excluding hydrogens is 305 g/mol. The zero-order valence-electron chi connectivity index (χ0n) is 5.27. The average molecular weight is 311 g/mol. The van der Waals surface area contributed by atoms with E-state index in [-0.39, 0.29) is 0 Å². The molecule has 5 heteroatoms. The van der Waals surface area contributed by atoms with Crippen molar-refractivity contribution < 1.29 is 4.57 Å². The van der Waals surface area contributed by atoms with Gasteiger partial charge in [0.2, 0.25) is 0 Å². The molecule has 0 radical (unpaired) electrons. The highest BCUT2D eigenvalue weighted by molar-refractivity contribution is 14.1. The van der Waals surface area contributed by atoms with Crippen LogP contribution in [-0.4, -0.2) is 0 Å². The predicted molar refractivity (Wildman–Crippen MR) is 56.2 cm³/mol. The third kappa shape index (κ3) is 5.78. The van der Waals surface area contributed by atoms with Crippen molar-refractivity contribution in [1.29, 1.82) is 0 Å². The molecule has 0 fully saturated rings.